The molecule has 1 aromatic heterocycles. The zero-order valence-electron chi connectivity index (χ0n) is 16.4. The predicted octanol–water partition coefficient (Wildman–Crippen LogP) is 5.01. The largest absolute Gasteiger partial charge is 0.493 e. The minimum Gasteiger partial charge on any atom is -0.493 e. The Kier molecular flexibility index (Phi) is 6.72. The van der Waals surface area contributed by atoms with E-state index in [9.17, 15) is 4.79 Å². The molecule has 0 radical (unpaired) electrons. The molecule has 6 nitrogen and oxygen atoms in total. The van der Waals surface area contributed by atoms with Gasteiger partial charge in [0, 0.05) is 0 Å². The topological polar surface area (TPSA) is 73.1 Å². The van der Waals surface area contributed by atoms with Crippen molar-refractivity contribution in [3.63, 3.8) is 0 Å². The highest BCUT2D eigenvalue weighted by atomic mass is 79.9. The van der Waals surface area contributed by atoms with Crippen LogP contribution in [0.4, 0.5) is 0 Å². The Hall–Kier alpha value is -3.06. The first-order valence-corrected chi connectivity index (χ1v) is 9.72. The van der Waals surface area contributed by atoms with Crippen LogP contribution in [0, 0.1) is 13.8 Å². The molecule has 0 aliphatic rings. The van der Waals surface area contributed by atoms with E-state index in [2.05, 4.69) is 26.5 Å². The molecule has 7 heteroatoms. The molecule has 0 bridgehead atoms. The summed E-state index contributed by atoms with van der Waals surface area (Å²) in [6.45, 7) is 3.95. The maximum Gasteiger partial charge on any atom is 0.274 e. The van der Waals surface area contributed by atoms with Crippen molar-refractivity contribution >= 4 is 28.1 Å². The molecule has 0 aliphatic carbocycles. The van der Waals surface area contributed by atoms with Crippen molar-refractivity contribution in [2.24, 2.45) is 5.10 Å². The van der Waals surface area contributed by atoms with E-state index in [0.29, 0.717) is 35.2 Å². The molecule has 1 heterocycles. The van der Waals surface area contributed by atoms with Gasteiger partial charge in [-0.3, -0.25) is 4.79 Å². The zero-order valence-corrected chi connectivity index (χ0v) is 17.9. The molecule has 0 atom stereocenters. The van der Waals surface area contributed by atoms with Crippen LogP contribution in [-0.2, 0) is 6.61 Å². The number of carbonyl (C=O) groups is 1. The average molecular weight is 457 g/mol. The van der Waals surface area contributed by atoms with E-state index in [4.69, 9.17) is 13.9 Å². The molecule has 3 aromatic rings. The Morgan fingerprint density at radius 3 is 2.62 bits per heavy atom. The number of nitrogens with one attached hydrogen (secondary N) is 1. The first-order valence-electron chi connectivity index (χ1n) is 8.92. The number of amides is 1. The molecule has 0 saturated heterocycles. The number of benzene rings is 2. The molecule has 29 heavy (non-hydrogen) atoms. The van der Waals surface area contributed by atoms with Crippen molar-refractivity contribution in [2.75, 3.05) is 7.11 Å². The molecule has 1 N–H and O–H groups in total. The summed E-state index contributed by atoms with van der Waals surface area (Å²) in [4.78, 5) is 12.2. The Balaban J connectivity index is 1.70. The smallest absolute Gasteiger partial charge is 0.274 e. The highest BCUT2D eigenvalue weighted by molar-refractivity contribution is 9.10. The Morgan fingerprint density at radius 2 is 1.97 bits per heavy atom. The number of hydrogen-bond acceptors (Lipinski definition) is 5. The van der Waals surface area contributed by atoms with Gasteiger partial charge in [-0.1, -0.05) is 30.3 Å². The minimum atomic E-state index is -0.329. The molecule has 0 fully saturated rings. The summed E-state index contributed by atoms with van der Waals surface area (Å²) in [5, 5.41) is 4.02. The van der Waals surface area contributed by atoms with Crippen molar-refractivity contribution in [3.05, 3.63) is 81.2 Å². The Labute approximate surface area is 177 Å². The van der Waals surface area contributed by atoms with Gasteiger partial charge in [0.2, 0.25) is 0 Å². The van der Waals surface area contributed by atoms with Gasteiger partial charge >= 0.3 is 0 Å². The lowest BCUT2D eigenvalue weighted by Crippen LogP contribution is -2.17. The summed E-state index contributed by atoms with van der Waals surface area (Å²) in [7, 11) is 1.57. The second-order valence-electron chi connectivity index (χ2n) is 6.33. The fraction of sp³-hybridized carbons (Fsp3) is 0.182. The molecule has 150 valence electrons. The molecule has 0 unspecified atom stereocenters. The molecule has 0 spiro atoms. The van der Waals surface area contributed by atoms with Crippen molar-refractivity contribution in [3.8, 4) is 11.5 Å². The third kappa shape index (κ3) is 5.26. The second kappa shape index (κ2) is 9.43. The van der Waals surface area contributed by atoms with Crippen LogP contribution in [0.1, 0.15) is 33.0 Å². The molecule has 0 aliphatic heterocycles. The maximum absolute atomic E-state index is 12.2. The number of furan rings is 1. The number of halogens is 1. The molecular weight excluding hydrogens is 436 g/mol. The minimum absolute atomic E-state index is 0.329. The van der Waals surface area contributed by atoms with Gasteiger partial charge in [-0.25, -0.2) is 5.43 Å². The number of aryl methyl sites for hydroxylation is 2. The first-order chi connectivity index (χ1) is 14.0. The van der Waals surface area contributed by atoms with Gasteiger partial charge in [-0.15, -0.1) is 0 Å². The molecule has 3 rings (SSSR count). The lowest BCUT2D eigenvalue weighted by molar-refractivity contribution is 0.0953. The number of carbonyl (C=O) groups excluding carboxylic acids is 1. The van der Waals surface area contributed by atoms with E-state index < -0.39 is 0 Å². The van der Waals surface area contributed by atoms with E-state index in [-0.39, 0.29) is 5.91 Å². The lowest BCUT2D eigenvalue weighted by Gasteiger charge is -2.13. The van der Waals surface area contributed by atoms with E-state index in [1.54, 1.807) is 33.1 Å². The van der Waals surface area contributed by atoms with E-state index in [1.807, 2.05) is 36.4 Å². The van der Waals surface area contributed by atoms with Gasteiger partial charge in [0.1, 0.15) is 18.1 Å². The van der Waals surface area contributed by atoms with Crippen LogP contribution in [0.25, 0.3) is 0 Å². The molecule has 2 aromatic carbocycles. The average Bonchev–Trinajstić information content (AvgIpc) is 3.05. The monoisotopic (exact) mass is 456 g/mol. The molecule has 0 saturated carbocycles. The highest BCUT2D eigenvalue weighted by Gasteiger charge is 2.13. The quantitative estimate of drug-likeness (QED) is 0.400. The summed E-state index contributed by atoms with van der Waals surface area (Å²) in [5.74, 6) is 2.06. The van der Waals surface area contributed by atoms with E-state index >= 15 is 0 Å². The molecular formula is C22H21BrN2O4. The summed E-state index contributed by atoms with van der Waals surface area (Å²) in [6.07, 6.45) is 1.54. The molecule has 1 amide bonds. The van der Waals surface area contributed by atoms with Crippen LogP contribution in [0.5, 0.6) is 11.5 Å². The van der Waals surface area contributed by atoms with E-state index in [0.717, 1.165) is 15.6 Å². The summed E-state index contributed by atoms with van der Waals surface area (Å²) in [5.41, 5.74) is 4.76. The SMILES string of the molecule is COc1cc(/C=N/NC(=O)c2cc(C)oc2C)cc(Br)c1OCc1ccccc1. The zero-order chi connectivity index (χ0) is 20.8. The summed E-state index contributed by atoms with van der Waals surface area (Å²) < 4.78 is 17.5. The predicted molar refractivity (Wildman–Crippen MR) is 115 cm³/mol. The van der Waals surface area contributed by atoms with Crippen LogP contribution in [0.15, 0.2) is 62.5 Å². The number of hydrogen-bond donors (Lipinski definition) is 1. The highest BCUT2D eigenvalue weighted by Crippen LogP contribution is 2.36. The fourth-order valence-corrected chi connectivity index (χ4v) is 3.34. The van der Waals surface area contributed by atoms with Crippen LogP contribution in [-0.4, -0.2) is 19.2 Å². The normalized spacial score (nSPS) is 10.9. The lowest BCUT2D eigenvalue weighted by atomic mass is 10.2. The third-order valence-corrected chi connectivity index (χ3v) is 4.73. The van der Waals surface area contributed by atoms with Crippen LogP contribution < -0.4 is 14.9 Å². The van der Waals surface area contributed by atoms with Crippen molar-refractivity contribution < 1.29 is 18.7 Å². The number of hydrazone groups is 1. The van der Waals surface area contributed by atoms with Crippen LogP contribution in [0.3, 0.4) is 0 Å². The van der Waals surface area contributed by atoms with Crippen LogP contribution in [0.2, 0.25) is 0 Å². The van der Waals surface area contributed by atoms with Crippen LogP contribution >= 0.6 is 15.9 Å². The number of ether oxygens (including phenoxy) is 2. The number of nitrogens with zero attached hydrogens (tertiary/aromatic N) is 1. The van der Waals surface area contributed by atoms with Crippen molar-refractivity contribution in [1.82, 2.24) is 5.43 Å². The Bertz CT molecular complexity index is 1030. The second-order valence-corrected chi connectivity index (χ2v) is 7.19. The summed E-state index contributed by atoms with van der Waals surface area (Å²) in [6, 6.07) is 15.2. The van der Waals surface area contributed by atoms with Crippen molar-refractivity contribution in [2.45, 2.75) is 20.5 Å². The Morgan fingerprint density at radius 1 is 1.21 bits per heavy atom. The van der Waals surface area contributed by atoms with Gasteiger partial charge < -0.3 is 13.9 Å². The fourth-order valence-electron chi connectivity index (χ4n) is 2.77. The number of methoxy groups -OCH3 is 1. The number of rotatable bonds is 7. The maximum atomic E-state index is 12.2. The van der Waals surface area contributed by atoms with Gasteiger partial charge in [-0.2, -0.15) is 5.10 Å². The van der Waals surface area contributed by atoms with Gasteiger partial charge in [0.15, 0.2) is 11.5 Å². The van der Waals surface area contributed by atoms with E-state index in [1.165, 1.54) is 6.21 Å². The summed E-state index contributed by atoms with van der Waals surface area (Å²) >= 11 is 3.52. The standard InChI is InChI=1S/C22H21BrN2O4/c1-14-9-18(15(2)29-14)22(26)25-24-12-17-10-19(23)21(20(11-17)27-3)28-13-16-7-5-4-6-8-16/h4-12H,13H2,1-3H3,(H,25,26)/b24-12+. The first kappa shape index (κ1) is 20.7. The van der Waals surface area contributed by atoms with Gasteiger partial charge in [0.25, 0.3) is 5.91 Å². The van der Waals surface area contributed by atoms with Gasteiger partial charge in [0.05, 0.1) is 23.4 Å². The van der Waals surface area contributed by atoms with Crippen molar-refractivity contribution in [1.29, 1.82) is 0 Å². The van der Waals surface area contributed by atoms with Gasteiger partial charge in [-0.05, 0) is 59.1 Å². The third-order valence-electron chi connectivity index (χ3n) is 4.14.